The molecule has 0 fully saturated rings. The largest absolute Gasteiger partial charge is 0.298 e. The van der Waals surface area contributed by atoms with Crippen LogP contribution in [0.1, 0.15) is 29.7 Å². The first-order chi connectivity index (χ1) is 13.0. The molecule has 0 radical (unpaired) electrons. The lowest BCUT2D eigenvalue weighted by Crippen LogP contribution is -2.17. The van der Waals surface area contributed by atoms with E-state index in [0.29, 0.717) is 4.64 Å². The van der Waals surface area contributed by atoms with Gasteiger partial charge in [0.2, 0.25) is 0 Å². The molecule has 1 aliphatic rings. The summed E-state index contributed by atoms with van der Waals surface area (Å²) >= 11 is 5.60. The van der Waals surface area contributed by atoms with E-state index >= 15 is 0 Å². The van der Waals surface area contributed by atoms with Gasteiger partial charge in [0.25, 0.3) is 5.69 Å². The van der Waals surface area contributed by atoms with Gasteiger partial charge < -0.3 is 0 Å². The third-order valence-corrected chi connectivity index (χ3v) is 5.33. The number of rotatable bonds is 3. The molecule has 0 saturated heterocycles. The molecule has 6 heteroatoms. The van der Waals surface area contributed by atoms with Crippen molar-refractivity contribution in [1.82, 2.24) is 9.55 Å². The third kappa shape index (κ3) is 3.28. The number of hydrogen-bond acceptors (Lipinski definition) is 4. The number of nitro benzene ring substituents is 1. The average Bonchev–Trinajstić information content (AvgIpc) is 2.68. The fourth-order valence-corrected chi connectivity index (χ4v) is 3.93. The molecule has 27 heavy (non-hydrogen) atoms. The molecule has 3 aromatic rings. The monoisotopic (exact) mass is 377 g/mol. The summed E-state index contributed by atoms with van der Waals surface area (Å²) in [6.45, 7) is 2.04. The van der Waals surface area contributed by atoms with Gasteiger partial charge in [0, 0.05) is 29.0 Å². The van der Waals surface area contributed by atoms with Gasteiger partial charge in [0.15, 0.2) is 0 Å². The van der Waals surface area contributed by atoms with Crippen LogP contribution in [0.25, 0.3) is 17.1 Å². The molecule has 1 aromatic heterocycles. The van der Waals surface area contributed by atoms with Gasteiger partial charge in [-0.25, -0.2) is 4.98 Å². The maximum atomic E-state index is 11.3. The minimum absolute atomic E-state index is 0.0712. The summed E-state index contributed by atoms with van der Waals surface area (Å²) < 4.78 is 2.70. The number of hydrogen-bond donors (Lipinski definition) is 0. The number of non-ortho nitro benzene ring substituents is 1. The molecule has 1 heterocycles. The molecule has 1 aliphatic carbocycles. The summed E-state index contributed by atoms with van der Waals surface area (Å²) in [4.78, 5) is 15.7. The normalized spacial score (nSPS) is 13.2. The molecule has 0 unspecified atom stereocenters. The van der Waals surface area contributed by atoms with Crippen LogP contribution in [0.5, 0.6) is 0 Å². The molecule has 0 N–H and O–H groups in total. The van der Waals surface area contributed by atoms with E-state index in [1.54, 1.807) is 12.1 Å². The zero-order chi connectivity index (χ0) is 19.0. The highest BCUT2D eigenvalue weighted by Gasteiger charge is 2.21. The van der Waals surface area contributed by atoms with E-state index in [2.05, 4.69) is 4.57 Å². The number of fused-ring (bicyclic) bond motifs is 1. The number of benzene rings is 2. The molecule has 4 rings (SSSR count). The van der Waals surface area contributed by atoms with E-state index in [1.807, 2.05) is 37.3 Å². The van der Waals surface area contributed by atoms with Gasteiger partial charge in [-0.1, -0.05) is 48.1 Å². The lowest BCUT2D eigenvalue weighted by molar-refractivity contribution is -0.384. The lowest BCUT2D eigenvalue weighted by Gasteiger charge is -2.24. The quantitative estimate of drug-likeness (QED) is 0.350. The van der Waals surface area contributed by atoms with Gasteiger partial charge >= 0.3 is 0 Å². The fraction of sp³-hybridized carbons (Fsp3) is 0.238. The van der Waals surface area contributed by atoms with Crippen LogP contribution in [-0.2, 0) is 12.8 Å². The second-order valence-electron chi connectivity index (χ2n) is 6.85. The van der Waals surface area contributed by atoms with Crippen LogP contribution in [0.15, 0.2) is 48.5 Å². The number of nitrogens with zero attached hydrogens (tertiary/aromatic N) is 3. The number of nitro groups is 1. The van der Waals surface area contributed by atoms with Crippen molar-refractivity contribution in [3.8, 4) is 17.1 Å². The highest BCUT2D eigenvalue weighted by Crippen LogP contribution is 2.31. The molecule has 0 bridgehead atoms. The summed E-state index contributed by atoms with van der Waals surface area (Å²) in [5.74, 6) is 0.737. The Morgan fingerprint density at radius 2 is 1.85 bits per heavy atom. The molecular weight excluding hydrogens is 358 g/mol. The van der Waals surface area contributed by atoms with E-state index < -0.39 is 0 Å². The maximum Gasteiger partial charge on any atom is 0.271 e. The van der Waals surface area contributed by atoms with E-state index in [4.69, 9.17) is 17.2 Å². The Labute approximate surface area is 162 Å². The van der Waals surface area contributed by atoms with Crippen molar-refractivity contribution >= 4 is 17.9 Å². The molecule has 2 aromatic carbocycles. The minimum Gasteiger partial charge on any atom is -0.298 e. The predicted octanol–water partition coefficient (Wildman–Crippen LogP) is 5.36. The average molecular weight is 377 g/mol. The Bertz CT molecular complexity index is 1090. The molecular formula is C21H19N3O2S. The second kappa shape index (κ2) is 7.04. The van der Waals surface area contributed by atoms with Crippen molar-refractivity contribution < 1.29 is 4.92 Å². The van der Waals surface area contributed by atoms with E-state index in [0.717, 1.165) is 59.6 Å². The van der Waals surface area contributed by atoms with Gasteiger partial charge in [-0.05, 0) is 38.7 Å². The molecule has 0 saturated carbocycles. The molecule has 0 aliphatic heterocycles. The van der Waals surface area contributed by atoms with Crippen molar-refractivity contribution in [1.29, 1.82) is 0 Å². The number of aromatic nitrogens is 2. The Balaban J connectivity index is 2.03. The molecule has 136 valence electrons. The van der Waals surface area contributed by atoms with Gasteiger partial charge in [-0.15, -0.1) is 0 Å². The fourth-order valence-electron chi connectivity index (χ4n) is 3.63. The van der Waals surface area contributed by atoms with E-state index in [-0.39, 0.29) is 10.6 Å². The molecule has 0 amide bonds. The maximum absolute atomic E-state index is 11.3. The molecule has 0 spiro atoms. The van der Waals surface area contributed by atoms with Crippen LogP contribution in [-0.4, -0.2) is 14.5 Å². The summed E-state index contributed by atoms with van der Waals surface area (Å²) in [6.07, 6.45) is 3.97. The van der Waals surface area contributed by atoms with E-state index in [1.165, 1.54) is 6.07 Å². The highest BCUT2D eigenvalue weighted by atomic mass is 32.1. The van der Waals surface area contributed by atoms with Crippen LogP contribution in [0.3, 0.4) is 0 Å². The summed E-state index contributed by atoms with van der Waals surface area (Å²) in [7, 11) is 0. The van der Waals surface area contributed by atoms with Gasteiger partial charge in [0.1, 0.15) is 10.5 Å². The minimum atomic E-state index is -0.364. The third-order valence-electron chi connectivity index (χ3n) is 4.99. The lowest BCUT2D eigenvalue weighted by atomic mass is 9.96. The van der Waals surface area contributed by atoms with Crippen molar-refractivity contribution in [2.24, 2.45) is 0 Å². The first kappa shape index (κ1) is 17.5. The zero-order valence-corrected chi connectivity index (χ0v) is 15.8. The van der Waals surface area contributed by atoms with Crippen molar-refractivity contribution in [2.45, 2.75) is 32.6 Å². The van der Waals surface area contributed by atoms with Gasteiger partial charge in [0.05, 0.1) is 10.6 Å². The standard InChI is InChI=1S/C21H19N3O2S/c1-14-9-11-15(12-10-14)20-22-21(27)18-7-2-3-8-19(18)23(20)16-5-4-6-17(13-16)24(25)26/h4-6,9-13H,2-3,7-8H2,1H3. The van der Waals surface area contributed by atoms with E-state index in [9.17, 15) is 10.1 Å². The van der Waals surface area contributed by atoms with Crippen molar-refractivity contribution in [3.05, 3.63) is 80.1 Å². The SMILES string of the molecule is Cc1ccc(-c2nc(=S)c3c(n2-c2cccc([N+](=O)[O-])c2)CCCC3)cc1. The molecule has 0 atom stereocenters. The first-order valence-corrected chi connectivity index (χ1v) is 9.42. The van der Waals surface area contributed by atoms with Crippen LogP contribution >= 0.6 is 12.2 Å². The van der Waals surface area contributed by atoms with Crippen molar-refractivity contribution in [3.63, 3.8) is 0 Å². The second-order valence-corrected chi connectivity index (χ2v) is 7.24. The van der Waals surface area contributed by atoms with Crippen LogP contribution in [0.4, 0.5) is 5.69 Å². The first-order valence-electron chi connectivity index (χ1n) is 9.01. The van der Waals surface area contributed by atoms with Crippen LogP contribution in [0, 0.1) is 21.7 Å². The smallest absolute Gasteiger partial charge is 0.271 e. The Kier molecular flexibility index (Phi) is 4.58. The van der Waals surface area contributed by atoms with Gasteiger partial charge in [-0.3, -0.25) is 14.7 Å². The topological polar surface area (TPSA) is 61.0 Å². The summed E-state index contributed by atoms with van der Waals surface area (Å²) in [5.41, 5.74) is 5.15. The summed E-state index contributed by atoms with van der Waals surface area (Å²) in [5, 5.41) is 11.3. The summed E-state index contributed by atoms with van der Waals surface area (Å²) in [6, 6.07) is 14.9. The predicted molar refractivity (Wildman–Crippen MR) is 108 cm³/mol. The zero-order valence-electron chi connectivity index (χ0n) is 15.0. The van der Waals surface area contributed by atoms with Crippen LogP contribution < -0.4 is 0 Å². The van der Waals surface area contributed by atoms with Crippen LogP contribution in [0.2, 0.25) is 0 Å². The Morgan fingerprint density at radius 3 is 2.59 bits per heavy atom. The van der Waals surface area contributed by atoms with Crippen molar-refractivity contribution in [2.75, 3.05) is 0 Å². The molecule has 5 nitrogen and oxygen atoms in total. The highest BCUT2D eigenvalue weighted by molar-refractivity contribution is 7.71. The Hall–Kier alpha value is -2.86. The van der Waals surface area contributed by atoms with Gasteiger partial charge in [-0.2, -0.15) is 0 Å². The Morgan fingerprint density at radius 1 is 1.11 bits per heavy atom. The number of aryl methyl sites for hydroxylation is 1.